The highest BCUT2D eigenvalue weighted by Crippen LogP contribution is 2.09. The van der Waals surface area contributed by atoms with Crippen molar-refractivity contribution in [3.05, 3.63) is 30.3 Å². The van der Waals surface area contributed by atoms with Crippen molar-refractivity contribution in [3.8, 4) is 5.75 Å². The van der Waals surface area contributed by atoms with Gasteiger partial charge in [0.2, 0.25) is 0 Å². The number of rotatable bonds is 6. The molecule has 1 N–H and O–H groups in total. The zero-order valence-electron chi connectivity index (χ0n) is 10.4. The molecule has 0 radical (unpaired) electrons. The Morgan fingerprint density at radius 1 is 1.06 bits per heavy atom. The summed E-state index contributed by atoms with van der Waals surface area (Å²) in [6, 6.07) is 10.1. The van der Waals surface area contributed by atoms with Crippen LogP contribution in [-0.4, -0.2) is 44.2 Å². The quantitative estimate of drug-likeness (QED) is 0.759. The van der Waals surface area contributed by atoms with Gasteiger partial charge in [-0.3, -0.25) is 0 Å². The lowest BCUT2D eigenvalue weighted by atomic mass is 10.2. The molecular formula is C14H22N2O. The third-order valence-corrected chi connectivity index (χ3v) is 3.09. The molecule has 1 fully saturated rings. The molecule has 0 atom stereocenters. The van der Waals surface area contributed by atoms with E-state index in [1.54, 1.807) is 0 Å². The normalized spacial score (nSPS) is 16.9. The third-order valence-electron chi connectivity index (χ3n) is 3.09. The highest BCUT2D eigenvalue weighted by molar-refractivity contribution is 5.20. The largest absolute Gasteiger partial charge is 0.494 e. The lowest BCUT2D eigenvalue weighted by molar-refractivity contribution is 0.226. The molecule has 94 valence electrons. The second-order valence-electron chi connectivity index (χ2n) is 4.46. The first-order chi connectivity index (χ1) is 8.45. The van der Waals surface area contributed by atoms with Gasteiger partial charge in [-0.15, -0.1) is 0 Å². The van der Waals surface area contributed by atoms with Crippen LogP contribution in [0.1, 0.15) is 12.8 Å². The van der Waals surface area contributed by atoms with Crippen molar-refractivity contribution in [2.75, 3.05) is 39.3 Å². The van der Waals surface area contributed by atoms with Gasteiger partial charge in [0.1, 0.15) is 5.75 Å². The third kappa shape index (κ3) is 4.75. The first kappa shape index (κ1) is 12.4. The van der Waals surface area contributed by atoms with E-state index in [0.29, 0.717) is 0 Å². The molecule has 0 spiro atoms. The highest BCUT2D eigenvalue weighted by Gasteiger charge is 2.07. The van der Waals surface area contributed by atoms with Gasteiger partial charge >= 0.3 is 0 Å². The minimum absolute atomic E-state index is 0.829. The Hall–Kier alpha value is -1.06. The number of nitrogens with one attached hydrogen (secondary N) is 1. The van der Waals surface area contributed by atoms with Crippen molar-refractivity contribution < 1.29 is 4.74 Å². The van der Waals surface area contributed by atoms with Gasteiger partial charge in [-0.05, 0) is 31.5 Å². The molecule has 1 saturated heterocycles. The van der Waals surface area contributed by atoms with Crippen LogP contribution in [0.25, 0.3) is 0 Å². The van der Waals surface area contributed by atoms with Crippen LogP contribution in [0.3, 0.4) is 0 Å². The van der Waals surface area contributed by atoms with Crippen molar-refractivity contribution in [3.63, 3.8) is 0 Å². The van der Waals surface area contributed by atoms with Crippen LogP contribution >= 0.6 is 0 Å². The number of nitrogens with zero attached hydrogens (tertiary/aromatic N) is 1. The molecule has 1 heterocycles. The van der Waals surface area contributed by atoms with E-state index >= 15 is 0 Å². The molecule has 1 aromatic rings. The van der Waals surface area contributed by atoms with Crippen molar-refractivity contribution >= 4 is 0 Å². The number of benzene rings is 1. The first-order valence-electron chi connectivity index (χ1n) is 6.56. The van der Waals surface area contributed by atoms with Crippen LogP contribution in [0.4, 0.5) is 0 Å². The summed E-state index contributed by atoms with van der Waals surface area (Å²) in [4.78, 5) is 2.53. The van der Waals surface area contributed by atoms with Gasteiger partial charge < -0.3 is 15.0 Å². The molecule has 1 aliphatic heterocycles. The van der Waals surface area contributed by atoms with Crippen molar-refractivity contribution in [1.29, 1.82) is 0 Å². The second-order valence-corrected chi connectivity index (χ2v) is 4.46. The van der Waals surface area contributed by atoms with Gasteiger partial charge in [-0.1, -0.05) is 18.2 Å². The summed E-state index contributed by atoms with van der Waals surface area (Å²) in [7, 11) is 0. The zero-order valence-corrected chi connectivity index (χ0v) is 10.4. The lowest BCUT2D eigenvalue weighted by Crippen LogP contribution is -2.43. The van der Waals surface area contributed by atoms with Gasteiger partial charge in [-0.25, -0.2) is 0 Å². The van der Waals surface area contributed by atoms with Gasteiger partial charge in [-0.2, -0.15) is 0 Å². The topological polar surface area (TPSA) is 24.5 Å². The summed E-state index contributed by atoms with van der Waals surface area (Å²) in [5.74, 6) is 0.981. The zero-order chi connectivity index (χ0) is 11.8. The number of hydrogen-bond donors (Lipinski definition) is 1. The van der Waals surface area contributed by atoms with Crippen molar-refractivity contribution in [2.45, 2.75) is 12.8 Å². The van der Waals surface area contributed by atoms with Crippen LogP contribution < -0.4 is 10.1 Å². The SMILES string of the molecule is c1ccc(OCCCCN2CCNCC2)cc1. The van der Waals surface area contributed by atoms with Crippen LogP contribution in [0.5, 0.6) is 5.75 Å². The monoisotopic (exact) mass is 234 g/mol. The molecule has 2 rings (SSSR count). The van der Waals surface area contributed by atoms with Gasteiger partial charge in [0, 0.05) is 26.2 Å². The fourth-order valence-electron chi connectivity index (χ4n) is 2.08. The van der Waals surface area contributed by atoms with Crippen LogP contribution in [-0.2, 0) is 0 Å². The summed E-state index contributed by atoms with van der Waals surface area (Å²) in [6.07, 6.45) is 2.37. The fourth-order valence-corrected chi connectivity index (χ4v) is 2.08. The minimum atomic E-state index is 0.829. The predicted molar refractivity (Wildman–Crippen MR) is 70.5 cm³/mol. The Kier molecular flexibility index (Phi) is 5.33. The number of hydrogen-bond acceptors (Lipinski definition) is 3. The molecule has 3 nitrogen and oxygen atoms in total. The maximum Gasteiger partial charge on any atom is 0.119 e. The van der Waals surface area contributed by atoms with E-state index in [0.717, 1.165) is 31.9 Å². The number of unbranched alkanes of at least 4 members (excludes halogenated alkanes) is 1. The van der Waals surface area contributed by atoms with E-state index < -0.39 is 0 Å². The number of para-hydroxylation sites is 1. The average Bonchev–Trinajstić information content (AvgIpc) is 2.41. The molecule has 0 saturated carbocycles. The number of ether oxygens (including phenoxy) is 1. The van der Waals surface area contributed by atoms with E-state index in [4.69, 9.17) is 4.74 Å². The Labute approximate surface area is 104 Å². The van der Waals surface area contributed by atoms with Crippen LogP contribution in [0, 0.1) is 0 Å². The molecule has 0 aromatic heterocycles. The molecule has 0 aliphatic carbocycles. The maximum absolute atomic E-state index is 5.66. The molecular weight excluding hydrogens is 212 g/mol. The predicted octanol–water partition coefficient (Wildman–Crippen LogP) is 1.75. The van der Waals surface area contributed by atoms with E-state index in [-0.39, 0.29) is 0 Å². The first-order valence-corrected chi connectivity index (χ1v) is 6.56. The molecule has 0 bridgehead atoms. The van der Waals surface area contributed by atoms with Crippen molar-refractivity contribution in [2.24, 2.45) is 0 Å². The Balaban J connectivity index is 1.51. The summed E-state index contributed by atoms with van der Waals surface area (Å²) in [5.41, 5.74) is 0. The van der Waals surface area contributed by atoms with Gasteiger partial charge in [0.05, 0.1) is 6.61 Å². The molecule has 17 heavy (non-hydrogen) atoms. The summed E-state index contributed by atoms with van der Waals surface area (Å²) in [5, 5.41) is 3.37. The lowest BCUT2D eigenvalue weighted by Gasteiger charge is -2.26. The smallest absolute Gasteiger partial charge is 0.119 e. The van der Waals surface area contributed by atoms with E-state index in [1.165, 1.54) is 26.1 Å². The van der Waals surface area contributed by atoms with Crippen LogP contribution in [0.15, 0.2) is 30.3 Å². The second kappa shape index (κ2) is 7.30. The summed E-state index contributed by atoms with van der Waals surface area (Å²) >= 11 is 0. The standard InChI is InChI=1S/C14H22N2O/c1-2-6-14(7-3-1)17-13-5-4-10-16-11-8-15-9-12-16/h1-3,6-7,15H,4-5,8-13H2. The molecule has 3 heteroatoms. The van der Waals surface area contributed by atoms with E-state index in [9.17, 15) is 0 Å². The average molecular weight is 234 g/mol. The van der Waals surface area contributed by atoms with Crippen molar-refractivity contribution in [1.82, 2.24) is 10.2 Å². The van der Waals surface area contributed by atoms with E-state index in [2.05, 4.69) is 10.2 Å². The summed E-state index contributed by atoms with van der Waals surface area (Å²) in [6.45, 7) is 6.70. The minimum Gasteiger partial charge on any atom is -0.494 e. The highest BCUT2D eigenvalue weighted by atomic mass is 16.5. The molecule has 0 unspecified atom stereocenters. The molecule has 1 aromatic carbocycles. The molecule has 0 amide bonds. The van der Waals surface area contributed by atoms with Crippen LogP contribution in [0.2, 0.25) is 0 Å². The maximum atomic E-state index is 5.66. The fraction of sp³-hybridized carbons (Fsp3) is 0.571. The molecule has 1 aliphatic rings. The number of piperazine rings is 1. The Morgan fingerprint density at radius 2 is 1.82 bits per heavy atom. The van der Waals surface area contributed by atoms with Gasteiger partial charge in [0.25, 0.3) is 0 Å². The van der Waals surface area contributed by atoms with E-state index in [1.807, 2.05) is 30.3 Å². The Bertz CT molecular complexity index is 296. The Morgan fingerprint density at radius 3 is 2.59 bits per heavy atom. The summed E-state index contributed by atoms with van der Waals surface area (Å²) < 4.78 is 5.66. The van der Waals surface area contributed by atoms with Gasteiger partial charge in [0.15, 0.2) is 0 Å².